The van der Waals surface area contributed by atoms with Gasteiger partial charge in [-0.05, 0) is 37.8 Å². The first-order chi connectivity index (χ1) is 13.4. The first kappa shape index (κ1) is 19.1. The van der Waals surface area contributed by atoms with Gasteiger partial charge in [-0.3, -0.25) is 4.79 Å². The van der Waals surface area contributed by atoms with Crippen LogP contribution in [0, 0.1) is 13.8 Å². The van der Waals surface area contributed by atoms with Gasteiger partial charge in [0.1, 0.15) is 17.4 Å². The number of fused-ring (bicyclic) bond motifs is 1. The van der Waals surface area contributed by atoms with Crippen molar-refractivity contribution in [2.24, 2.45) is 0 Å². The van der Waals surface area contributed by atoms with E-state index in [9.17, 15) is 4.79 Å². The molecule has 144 valence electrons. The van der Waals surface area contributed by atoms with Gasteiger partial charge in [-0.15, -0.1) is 22.7 Å². The molecule has 0 saturated carbocycles. The van der Waals surface area contributed by atoms with Crippen LogP contribution in [0.4, 0.5) is 0 Å². The molecule has 0 aliphatic rings. The number of hydrogen-bond acceptors (Lipinski definition) is 4. The summed E-state index contributed by atoms with van der Waals surface area (Å²) < 4.78 is 0. The van der Waals surface area contributed by atoms with Crippen molar-refractivity contribution < 1.29 is 4.90 Å². The molecule has 0 fully saturated rings. The highest BCUT2D eigenvalue weighted by atomic mass is 32.1. The molecule has 0 radical (unpaired) electrons. The number of quaternary nitrogens is 1. The number of thiophene rings is 2. The second kappa shape index (κ2) is 7.62. The second-order valence-corrected chi connectivity index (χ2v) is 9.24. The van der Waals surface area contributed by atoms with Gasteiger partial charge < -0.3 is 9.88 Å². The van der Waals surface area contributed by atoms with E-state index in [-0.39, 0.29) is 11.6 Å². The summed E-state index contributed by atoms with van der Waals surface area (Å²) in [5.41, 5.74) is 4.86. The summed E-state index contributed by atoms with van der Waals surface area (Å²) in [6.45, 7) is 7.28. The van der Waals surface area contributed by atoms with Crippen molar-refractivity contribution in [3.63, 3.8) is 0 Å². The quantitative estimate of drug-likeness (QED) is 0.520. The summed E-state index contributed by atoms with van der Waals surface area (Å²) in [5, 5.41) is 4.78. The first-order valence-electron chi connectivity index (χ1n) is 9.37. The number of rotatable bonds is 5. The minimum atomic E-state index is -0.0455. The Hall–Kier alpha value is -2.28. The molecule has 3 aromatic heterocycles. The first-order valence-corrected chi connectivity index (χ1v) is 11.1. The van der Waals surface area contributed by atoms with Crippen LogP contribution in [0.2, 0.25) is 0 Å². The molecule has 1 aromatic carbocycles. The maximum Gasteiger partial charge on any atom is 0.260 e. The van der Waals surface area contributed by atoms with E-state index < -0.39 is 0 Å². The molecule has 6 heteroatoms. The van der Waals surface area contributed by atoms with Gasteiger partial charge in [-0.2, -0.15) is 0 Å². The molecule has 2 atom stereocenters. The lowest BCUT2D eigenvalue weighted by molar-refractivity contribution is -0.924. The molecule has 0 amide bonds. The number of nitrogens with one attached hydrogen (secondary N) is 2. The number of aromatic amines is 1. The number of aromatic nitrogens is 2. The van der Waals surface area contributed by atoms with Crippen LogP contribution < -0.4 is 10.5 Å². The minimum Gasteiger partial charge on any atom is -0.325 e. The lowest BCUT2D eigenvalue weighted by Gasteiger charge is -2.22. The van der Waals surface area contributed by atoms with Crippen LogP contribution in [0.5, 0.6) is 0 Å². The van der Waals surface area contributed by atoms with E-state index in [2.05, 4.69) is 51.0 Å². The summed E-state index contributed by atoms with van der Waals surface area (Å²) in [7, 11) is 2.15. The number of H-pyrrole nitrogens is 1. The zero-order valence-electron chi connectivity index (χ0n) is 16.5. The fourth-order valence-electron chi connectivity index (χ4n) is 3.51. The molecular formula is C22H24N3OS2+. The lowest BCUT2D eigenvalue weighted by atomic mass is 10.0. The third kappa shape index (κ3) is 3.55. The van der Waals surface area contributed by atoms with Crippen LogP contribution in [-0.4, -0.2) is 17.0 Å². The highest BCUT2D eigenvalue weighted by Crippen LogP contribution is 2.33. The minimum absolute atomic E-state index is 0.0455. The van der Waals surface area contributed by atoms with Crippen molar-refractivity contribution in [3.05, 3.63) is 74.0 Å². The van der Waals surface area contributed by atoms with Gasteiger partial charge in [0.25, 0.3) is 5.56 Å². The monoisotopic (exact) mass is 410 g/mol. The molecule has 4 rings (SSSR count). The Morgan fingerprint density at radius 3 is 2.75 bits per heavy atom. The average molecular weight is 411 g/mol. The van der Waals surface area contributed by atoms with Crippen LogP contribution in [0.15, 0.2) is 45.9 Å². The number of benzene rings is 1. The zero-order valence-corrected chi connectivity index (χ0v) is 18.1. The molecular weight excluding hydrogens is 386 g/mol. The normalized spacial score (nSPS) is 13.7. The maximum absolute atomic E-state index is 12.9. The van der Waals surface area contributed by atoms with Crippen molar-refractivity contribution in [1.82, 2.24) is 9.97 Å². The molecule has 0 aliphatic carbocycles. The molecule has 0 bridgehead atoms. The summed E-state index contributed by atoms with van der Waals surface area (Å²) in [6, 6.07) is 10.7. The molecule has 1 unspecified atom stereocenters. The van der Waals surface area contributed by atoms with E-state index >= 15 is 0 Å². The summed E-state index contributed by atoms with van der Waals surface area (Å²) >= 11 is 3.19. The fourth-order valence-corrected chi connectivity index (χ4v) is 5.28. The SMILES string of the molecule is Cc1ccc(C[NH+](C)[C@@H](C)c2nc3scc(-c4cccs4)c3c(=O)[nH]2)c(C)c1. The average Bonchev–Trinajstić information content (AvgIpc) is 3.32. The van der Waals surface area contributed by atoms with Crippen molar-refractivity contribution >= 4 is 32.9 Å². The predicted molar refractivity (Wildman–Crippen MR) is 118 cm³/mol. The number of aryl methyl sites for hydroxylation is 2. The summed E-state index contributed by atoms with van der Waals surface area (Å²) in [5.74, 6) is 0.749. The molecule has 0 aliphatic heterocycles. The Morgan fingerprint density at radius 2 is 2.04 bits per heavy atom. The Bertz CT molecular complexity index is 1170. The molecule has 0 spiro atoms. The van der Waals surface area contributed by atoms with Gasteiger partial charge in [0.2, 0.25) is 0 Å². The van der Waals surface area contributed by atoms with Gasteiger partial charge in [0.05, 0.1) is 12.4 Å². The third-order valence-corrected chi connectivity index (χ3v) is 7.14. The largest absolute Gasteiger partial charge is 0.325 e. The topological polar surface area (TPSA) is 50.2 Å². The van der Waals surface area contributed by atoms with Crippen molar-refractivity contribution in [3.8, 4) is 10.4 Å². The molecule has 4 aromatic rings. The van der Waals surface area contributed by atoms with Crippen LogP contribution in [-0.2, 0) is 6.54 Å². The van der Waals surface area contributed by atoms with Crippen molar-refractivity contribution in [2.75, 3.05) is 7.05 Å². The van der Waals surface area contributed by atoms with Gasteiger partial charge in [-0.25, -0.2) is 4.98 Å². The highest BCUT2D eigenvalue weighted by Gasteiger charge is 2.22. The van der Waals surface area contributed by atoms with Gasteiger partial charge in [-0.1, -0.05) is 29.8 Å². The summed E-state index contributed by atoms with van der Waals surface area (Å²) in [4.78, 5) is 23.9. The number of hydrogen-bond donors (Lipinski definition) is 2. The van der Waals surface area contributed by atoms with Gasteiger partial charge in [0, 0.05) is 21.4 Å². The number of nitrogens with zero attached hydrogens (tertiary/aromatic N) is 1. The Morgan fingerprint density at radius 1 is 1.21 bits per heavy atom. The fraction of sp³-hybridized carbons (Fsp3) is 0.273. The van der Waals surface area contributed by atoms with E-state index in [0.29, 0.717) is 5.39 Å². The highest BCUT2D eigenvalue weighted by molar-refractivity contribution is 7.18. The molecule has 3 heterocycles. The standard InChI is InChI=1S/C22H23N3OS2/c1-13-7-8-16(14(2)10-13)11-25(4)15(3)20-23-21(26)19-17(12-28-22(19)24-20)18-6-5-9-27-18/h5-10,12,15H,11H2,1-4H3,(H,23,24,26)/p+1/t15-/m0/s1. The molecule has 2 N–H and O–H groups in total. The molecule has 4 nitrogen and oxygen atoms in total. The van der Waals surface area contributed by atoms with Crippen LogP contribution in [0.25, 0.3) is 20.7 Å². The predicted octanol–water partition coefficient (Wildman–Crippen LogP) is 4.11. The lowest BCUT2D eigenvalue weighted by Crippen LogP contribution is -3.07. The maximum atomic E-state index is 12.9. The Labute approximate surface area is 172 Å². The van der Waals surface area contributed by atoms with Crippen molar-refractivity contribution in [1.29, 1.82) is 0 Å². The molecule has 28 heavy (non-hydrogen) atoms. The van der Waals surface area contributed by atoms with Crippen LogP contribution in [0.3, 0.4) is 0 Å². The van der Waals surface area contributed by atoms with Crippen LogP contribution in [0.1, 0.15) is 35.5 Å². The Kier molecular flexibility index (Phi) is 5.19. The third-order valence-electron chi connectivity index (χ3n) is 5.37. The Balaban J connectivity index is 1.64. The van der Waals surface area contributed by atoms with E-state index in [1.165, 1.54) is 21.6 Å². The van der Waals surface area contributed by atoms with Gasteiger partial charge >= 0.3 is 0 Å². The smallest absolute Gasteiger partial charge is 0.260 e. The van der Waals surface area contributed by atoms with Gasteiger partial charge in [0.15, 0.2) is 5.82 Å². The van der Waals surface area contributed by atoms with E-state index in [1.54, 1.807) is 22.7 Å². The second-order valence-electron chi connectivity index (χ2n) is 7.43. The zero-order chi connectivity index (χ0) is 19.8. The van der Waals surface area contributed by atoms with Crippen LogP contribution >= 0.6 is 22.7 Å². The van der Waals surface area contributed by atoms with Crippen molar-refractivity contribution in [2.45, 2.75) is 33.4 Å². The summed E-state index contributed by atoms with van der Waals surface area (Å²) in [6.07, 6.45) is 0. The van der Waals surface area contributed by atoms with E-state index in [0.717, 1.165) is 27.6 Å². The molecule has 0 saturated heterocycles. The van der Waals surface area contributed by atoms with E-state index in [1.807, 2.05) is 22.9 Å². The van der Waals surface area contributed by atoms with E-state index in [4.69, 9.17) is 4.98 Å².